The summed E-state index contributed by atoms with van der Waals surface area (Å²) in [5.41, 5.74) is 12.8. The maximum atomic E-state index is 13.2. The van der Waals surface area contributed by atoms with Crippen LogP contribution < -0.4 is 20.9 Å². The van der Waals surface area contributed by atoms with E-state index in [0.29, 0.717) is 24.0 Å². The molecule has 0 spiro atoms. The maximum absolute atomic E-state index is 13.2. The van der Waals surface area contributed by atoms with Crippen molar-refractivity contribution < 1.29 is 23.1 Å². The number of hydrogen-bond acceptors (Lipinski definition) is 5. The Morgan fingerprint density at radius 1 is 1.24 bits per heavy atom. The lowest BCUT2D eigenvalue weighted by Crippen LogP contribution is -2.41. The van der Waals surface area contributed by atoms with Crippen molar-refractivity contribution in [2.45, 2.75) is 70.4 Å². The molecule has 0 aliphatic carbocycles. The minimum absolute atomic E-state index is 0.0590. The van der Waals surface area contributed by atoms with E-state index in [0.717, 1.165) is 16.9 Å². The number of benzene rings is 1. The van der Waals surface area contributed by atoms with Gasteiger partial charge in [-0.05, 0) is 64.2 Å². The number of nitrogens with zero attached hydrogens (tertiary/aromatic N) is 1. The van der Waals surface area contributed by atoms with Crippen LogP contribution in [0.15, 0.2) is 9.89 Å². The number of nitrogens with one attached hydrogen (secondary N) is 1. The number of aliphatic imine (C=N–C) groups is 1. The third kappa shape index (κ3) is 4.99. The summed E-state index contributed by atoms with van der Waals surface area (Å²) in [5.74, 6) is -0.630. The SMILES string of the molecule is Cc1c(C)c(S(=O)(=O)N[C@H](CCCN=C(N)N)C(=O)O)c(C)c2c1OC(C)(C)C2. The number of sulfonamides is 1. The van der Waals surface area contributed by atoms with Crippen molar-refractivity contribution in [3.63, 3.8) is 0 Å². The van der Waals surface area contributed by atoms with Gasteiger partial charge in [-0.15, -0.1) is 0 Å². The first-order valence-corrected chi connectivity index (χ1v) is 10.9. The van der Waals surface area contributed by atoms with E-state index in [1.807, 2.05) is 20.8 Å². The van der Waals surface area contributed by atoms with Crippen LogP contribution in [0.2, 0.25) is 0 Å². The van der Waals surface area contributed by atoms with Crippen LogP contribution in [0.1, 0.15) is 48.9 Å². The Morgan fingerprint density at radius 2 is 1.86 bits per heavy atom. The Morgan fingerprint density at radius 3 is 2.41 bits per heavy atom. The second-order valence-corrected chi connectivity index (χ2v) is 9.66. The second kappa shape index (κ2) is 8.19. The molecule has 1 aliphatic heterocycles. The zero-order chi connectivity index (χ0) is 22.1. The molecule has 10 heteroatoms. The van der Waals surface area contributed by atoms with Crippen LogP contribution in [0.25, 0.3) is 0 Å². The normalized spacial score (nSPS) is 16.0. The summed E-state index contributed by atoms with van der Waals surface area (Å²) >= 11 is 0. The Balaban J connectivity index is 2.37. The molecule has 1 aromatic rings. The molecule has 0 amide bonds. The molecule has 0 saturated carbocycles. The highest BCUT2D eigenvalue weighted by atomic mass is 32.2. The molecule has 1 aliphatic rings. The molecule has 1 aromatic carbocycles. The predicted octanol–water partition coefficient (Wildman–Crippen LogP) is 1.11. The van der Waals surface area contributed by atoms with Crippen molar-refractivity contribution in [2.75, 3.05) is 6.54 Å². The molecule has 9 nitrogen and oxygen atoms in total. The zero-order valence-corrected chi connectivity index (χ0v) is 18.3. The molecule has 1 heterocycles. The average Bonchev–Trinajstić information content (AvgIpc) is 2.91. The fourth-order valence-corrected chi connectivity index (χ4v) is 5.42. The summed E-state index contributed by atoms with van der Waals surface area (Å²) < 4.78 is 34.7. The molecule has 0 aromatic heterocycles. The highest BCUT2D eigenvalue weighted by molar-refractivity contribution is 7.89. The molecule has 6 N–H and O–H groups in total. The Labute approximate surface area is 171 Å². The van der Waals surface area contributed by atoms with Gasteiger partial charge in [0.25, 0.3) is 0 Å². The van der Waals surface area contributed by atoms with Gasteiger partial charge in [0.15, 0.2) is 5.96 Å². The van der Waals surface area contributed by atoms with Gasteiger partial charge in [0.1, 0.15) is 17.4 Å². The fourth-order valence-electron chi connectivity index (χ4n) is 3.63. The Hall–Kier alpha value is -2.33. The van der Waals surface area contributed by atoms with Crippen LogP contribution in [-0.2, 0) is 21.2 Å². The highest BCUT2D eigenvalue weighted by Gasteiger charge is 2.37. The molecule has 0 radical (unpaired) electrons. The summed E-state index contributed by atoms with van der Waals surface area (Å²) in [6.07, 6.45) is 0.961. The molecule has 0 unspecified atom stereocenters. The lowest BCUT2D eigenvalue weighted by molar-refractivity contribution is -0.139. The van der Waals surface area contributed by atoms with E-state index in [1.165, 1.54) is 0 Å². The van der Waals surface area contributed by atoms with Gasteiger partial charge >= 0.3 is 5.97 Å². The first kappa shape index (κ1) is 23.0. The van der Waals surface area contributed by atoms with Crippen molar-refractivity contribution in [1.82, 2.24) is 4.72 Å². The number of aliphatic carboxylic acids is 1. The maximum Gasteiger partial charge on any atom is 0.321 e. The number of fused-ring (bicyclic) bond motifs is 1. The van der Waals surface area contributed by atoms with E-state index in [2.05, 4.69) is 9.71 Å². The molecule has 0 fully saturated rings. The van der Waals surface area contributed by atoms with Gasteiger partial charge in [-0.2, -0.15) is 4.72 Å². The number of ether oxygens (including phenoxy) is 1. The van der Waals surface area contributed by atoms with Gasteiger partial charge in [-0.3, -0.25) is 9.79 Å². The Kier molecular flexibility index (Phi) is 6.48. The van der Waals surface area contributed by atoms with E-state index >= 15 is 0 Å². The molecule has 0 bridgehead atoms. The molecule has 0 saturated heterocycles. The fraction of sp³-hybridized carbons (Fsp3) is 0.579. The lowest BCUT2D eigenvalue weighted by atomic mass is 9.94. The van der Waals surface area contributed by atoms with E-state index in [-0.39, 0.29) is 23.8 Å². The van der Waals surface area contributed by atoms with Crippen LogP contribution in [0, 0.1) is 20.8 Å². The van der Waals surface area contributed by atoms with Crippen LogP contribution in [0.5, 0.6) is 5.75 Å². The zero-order valence-electron chi connectivity index (χ0n) is 17.5. The molecule has 2 rings (SSSR count). The van der Waals surface area contributed by atoms with Crippen molar-refractivity contribution >= 4 is 22.0 Å². The summed E-state index contributed by atoms with van der Waals surface area (Å²) in [6.45, 7) is 9.38. The summed E-state index contributed by atoms with van der Waals surface area (Å²) in [6, 6.07) is -1.28. The summed E-state index contributed by atoms with van der Waals surface area (Å²) in [4.78, 5) is 15.5. The predicted molar refractivity (Wildman–Crippen MR) is 111 cm³/mol. The van der Waals surface area contributed by atoms with E-state index in [9.17, 15) is 18.3 Å². The number of carbonyl (C=O) groups is 1. The minimum atomic E-state index is -4.07. The summed E-state index contributed by atoms with van der Waals surface area (Å²) in [7, 11) is -4.07. The third-order valence-corrected chi connectivity index (χ3v) is 6.85. The second-order valence-electron chi connectivity index (χ2n) is 8.01. The molecule has 162 valence electrons. The van der Waals surface area contributed by atoms with Gasteiger partial charge in [-0.25, -0.2) is 8.42 Å². The number of carboxylic acid groups (broad SMARTS) is 1. The number of carboxylic acids is 1. The standard InChI is InChI=1S/C19H30N4O5S/c1-10-11(2)16(12(3)13-9-19(4,5)28-15(10)13)29(26,27)23-14(17(24)25)7-6-8-22-18(20)21/h14,23H,6-9H2,1-5H3,(H,24,25)(H4,20,21,22)/t14-/m1/s1. The Bertz CT molecular complexity index is 950. The monoisotopic (exact) mass is 426 g/mol. The molecular weight excluding hydrogens is 396 g/mol. The molecular formula is C19H30N4O5S. The van der Waals surface area contributed by atoms with Gasteiger partial charge in [0.2, 0.25) is 10.0 Å². The molecule has 1 atom stereocenters. The van der Waals surface area contributed by atoms with Crippen molar-refractivity contribution in [2.24, 2.45) is 16.5 Å². The van der Waals surface area contributed by atoms with Crippen LogP contribution >= 0.6 is 0 Å². The lowest BCUT2D eigenvalue weighted by Gasteiger charge is -2.20. The first-order chi connectivity index (χ1) is 13.3. The van der Waals surface area contributed by atoms with Crippen LogP contribution in [0.3, 0.4) is 0 Å². The largest absolute Gasteiger partial charge is 0.487 e. The van der Waals surface area contributed by atoms with Crippen molar-refractivity contribution in [1.29, 1.82) is 0 Å². The first-order valence-electron chi connectivity index (χ1n) is 9.39. The number of guanidine groups is 1. The number of rotatable bonds is 8. The average molecular weight is 427 g/mol. The van der Waals surface area contributed by atoms with Crippen LogP contribution in [0.4, 0.5) is 0 Å². The summed E-state index contributed by atoms with van der Waals surface area (Å²) in [5, 5.41) is 9.48. The van der Waals surface area contributed by atoms with Gasteiger partial charge < -0.3 is 21.3 Å². The van der Waals surface area contributed by atoms with Crippen molar-refractivity contribution in [3.05, 3.63) is 22.3 Å². The van der Waals surface area contributed by atoms with Gasteiger partial charge in [0.05, 0.1) is 4.90 Å². The van der Waals surface area contributed by atoms with Crippen molar-refractivity contribution in [3.8, 4) is 5.75 Å². The quantitative estimate of drug-likeness (QED) is 0.275. The molecule has 29 heavy (non-hydrogen) atoms. The van der Waals surface area contributed by atoms with Gasteiger partial charge in [-0.1, -0.05) is 0 Å². The number of hydrogen-bond donors (Lipinski definition) is 4. The highest BCUT2D eigenvalue weighted by Crippen LogP contribution is 2.43. The van der Waals surface area contributed by atoms with E-state index < -0.39 is 27.6 Å². The topological polar surface area (TPSA) is 157 Å². The van der Waals surface area contributed by atoms with E-state index in [1.54, 1.807) is 13.8 Å². The number of nitrogens with two attached hydrogens (primary N) is 2. The van der Waals surface area contributed by atoms with E-state index in [4.69, 9.17) is 16.2 Å². The third-order valence-electron chi connectivity index (χ3n) is 5.10. The van der Waals surface area contributed by atoms with Gasteiger partial charge in [0, 0.05) is 18.5 Å². The smallest absolute Gasteiger partial charge is 0.321 e. The minimum Gasteiger partial charge on any atom is -0.487 e. The van der Waals surface area contributed by atoms with Crippen LogP contribution in [-0.4, -0.2) is 43.6 Å².